The van der Waals surface area contributed by atoms with Crippen LogP contribution in [0.4, 0.5) is 18.9 Å². The van der Waals surface area contributed by atoms with Crippen molar-refractivity contribution in [2.24, 2.45) is 0 Å². The lowest BCUT2D eigenvalue weighted by molar-refractivity contribution is -0.111. The lowest BCUT2D eigenvalue weighted by Crippen LogP contribution is -2.36. The lowest BCUT2D eigenvalue weighted by atomic mass is 9.94. The van der Waals surface area contributed by atoms with Gasteiger partial charge in [-0.2, -0.15) is 13.9 Å². The van der Waals surface area contributed by atoms with Crippen LogP contribution in [0.15, 0.2) is 60.9 Å². The van der Waals surface area contributed by atoms with Gasteiger partial charge >= 0.3 is 6.61 Å². The lowest BCUT2D eigenvalue weighted by Gasteiger charge is -2.31. The summed E-state index contributed by atoms with van der Waals surface area (Å²) < 4.78 is 44.0. The van der Waals surface area contributed by atoms with E-state index in [9.17, 15) is 18.0 Å². The van der Waals surface area contributed by atoms with Crippen LogP contribution < -0.4 is 15.4 Å². The Balaban J connectivity index is 1.35. The summed E-state index contributed by atoms with van der Waals surface area (Å²) in [7, 11) is 0. The SMILES string of the molecule is CC1C=C(C(=O)Nc2ccc(OC(F)F)cc2)c2cc(-c3cnn(C4CCN(CCF)CC4)c3)ccc2CN1. The highest BCUT2D eigenvalue weighted by Gasteiger charge is 2.23. The molecule has 1 unspecified atom stereocenters. The standard InChI is InChI=1S/C29H32F3N5O2/c1-19-14-27(28(38)35-23-4-6-25(7-5-23)39-29(31)32)26-15-20(2-3-21(26)16-33-19)22-17-34-37(18-22)24-8-11-36(12-9-24)13-10-30/h2-7,14-15,17-19,24,29,33H,8-13,16H2,1H3,(H,35,38). The number of anilines is 1. The molecule has 0 saturated carbocycles. The first kappa shape index (κ1) is 27.0. The van der Waals surface area contributed by atoms with Crippen molar-refractivity contribution in [3.63, 3.8) is 0 Å². The summed E-state index contributed by atoms with van der Waals surface area (Å²) in [5.41, 5.74) is 4.75. The maximum atomic E-state index is 13.4. The number of benzene rings is 2. The van der Waals surface area contributed by atoms with Gasteiger partial charge in [0.1, 0.15) is 12.4 Å². The second-order valence-corrected chi connectivity index (χ2v) is 9.95. The molecule has 0 radical (unpaired) electrons. The molecule has 0 aliphatic carbocycles. The summed E-state index contributed by atoms with van der Waals surface area (Å²) in [4.78, 5) is 15.6. The monoisotopic (exact) mass is 539 g/mol. The highest BCUT2D eigenvalue weighted by molar-refractivity contribution is 6.26. The number of carbonyl (C=O) groups excluding carboxylic acids is 1. The zero-order valence-electron chi connectivity index (χ0n) is 21.7. The molecule has 2 aliphatic rings. The number of aromatic nitrogens is 2. The fourth-order valence-corrected chi connectivity index (χ4v) is 5.16. The molecule has 0 bridgehead atoms. The van der Waals surface area contributed by atoms with Crippen molar-refractivity contribution in [3.8, 4) is 16.9 Å². The summed E-state index contributed by atoms with van der Waals surface area (Å²) in [6.07, 6.45) is 7.64. The first-order valence-electron chi connectivity index (χ1n) is 13.2. The van der Waals surface area contributed by atoms with Crippen molar-refractivity contribution < 1.29 is 22.7 Å². The van der Waals surface area contributed by atoms with Crippen molar-refractivity contribution in [2.75, 3.05) is 31.6 Å². The Labute approximate surface area is 225 Å². The minimum absolute atomic E-state index is 0.0235. The molecule has 2 aliphatic heterocycles. The van der Waals surface area contributed by atoms with Crippen LogP contribution in [0, 0.1) is 0 Å². The van der Waals surface area contributed by atoms with Crippen LogP contribution in [0.25, 0.3) is 16.7 Å². The van der Waals surface area contributed by atoms with Gasteiger partial charge in [-0.25, -0.2) is 4.39 Å². The summed E-state index contributed by atoms with van der Waals surface area (Å²) in [5, 5.41) is 10.9. The molecule has 2 aromatic carbocycles. The summed E-state index contributed by atoms with van der Waals surface area (Å²) in [6.45, 7) is 1.58. The van der Waals surface area contributed by atoms with Gasteiger partial charge in [-0.1, -0.05) is 18.2 Å². The number of hydrogen-bond acceptors (Lipinski definition) is 5. The Hall–Kier alpha value is -3.63. The molecule has 10 heteroatoms. The van der Waals surface area contributed by atoms with Gasteiger partial charge in [0.05, 0.1) is 12.2 Å². The number of hydrogen-bond donors (Lipinski definition) is 2. The van der Waals surface area contributed by atoms with Gasteiger partial charge in [0, 0.05) is 55.2 Å². The average molecular weight is 540 g/mol. The minimum atomic E-state index is -2.91. The van der Waals surface area contributed by atoms with E-state index < -0.39 is 6.61 Å². The number of carbonyl (C=O) groups is 1. The number of fused-ring (bicyclic) bond motifs is 1. The molecule has 3 aromatic rings. The molecule has 1 atom stereocenters. The predicted molar refractivity (Wildman–Crippen MR) is 144 cm³/mol. The van der Waals surface area contributed by atoms with Crippen molar-refractivity contribution in [1.82, 2.24) is 20.0 Å². The van der Waals surface area contributed by atoms with E-state index in [1.165, 1.54) is 24.3 Å². The number of piperidine rings is 1. The number of nitrogens with zero attached hydrogens (tertiary/aromatic N) is 3. The Bertz CT molecular complexity index is 1320. The molecule has 1 fully saturated rings. The third-order valence-electron chi connectivity index (χ3n) is 7.28. The summed E-state index contributed by atoms with van der Waals surface area (Å²) in [6, 6.07) is 12.2. The fraction of sp³-hybridized carbons (Fsp3) is 0.379. The number of nitrogens with one attached hydrogen (secondary N) is 2. The van der Waals surface area contributed by atoms with Crippen LogP contribution in [0.3, 0.4) is 0 Å². The van der Waals surface area contributed by atoms with Crippen LogP contribution in [0.2, 0.25) is 0 Å². The van der Waals surface area contributed by atoms with E-state index in [-0.39, 0.29) is 30.4 Å². The van der Waals surface area contributed by atoms with Crippen molar-refractivity contribution in [3.05, 3.63) is 72.1 Å². The molecular weight excluding hydrogens is 507 g/mol. The molecule has 2 N–H and O–H groups in total. The van der Waals surface area contributed by atoms with E-state index in [0.29, 0.717) is 24.4 Å². The number of alkyl halides is 3. The largest absolute Gasteiger partial charge is 0.435 e. The van der Waals surface area contributed by atoms with E-state index in [2.05, 4.69) is 25.4 Å². The molecule has 0 spiro atoms. The highest BCUT2D eigenvalue weighted by Crippen LogP contribution is 2.31. The molecular formula is C29H32F3N5O2. The van der Waals surface area contributed by atoms with Crippen LogP contribution in [0.1, 0.15) is 36.9 Å². The van der Waals surface area contributed by atoms with E-state index in [4.69, 9.17) is 0 Å². The number of halogens is 3. The molecule has 7 nitrogen and oxygen atoms in total. The summed E-state index contributed by atoms with van der Waals surface area (Å²) in [5.74, 6) is -0.266. The Morgan fingerprint density at radius 1 is 1.15 bits per heavy atom. The number of ether oxygens (including phenoxy) is 1. The molecule has 1 aromatic heterocycles. The highest BCUT2D eigenvalue weighted by atomic mass is 19.3. The van der Waals surface area contributed by atoms with Crippen molar-refractivity contribution in [2.45, 2.75) is 45.0 Å². The fourth-order valence-electron chi connectivity index (χ4n) is 5.16. The van der Waals surface area contributed by atoms with E-state index in [0.717, 1.165) is 48.2 Å². The van der Waals surface area contributed by atoms with Gasteiger partial charge in [0.25, 0.3) is 5.91 Å². The van der Waals surface area contributed by atoms with E-state index in [1.54, 1.807) is 0 Å². The second kappa shape index (κ2) is 12.0. The first-order valence-corrected chi connectivity index (χ1v) is 13.2. The second-order valence-electron chi connectivity index (χ2n) is 9.95. The van der Waals surface area contributed by atoms with Crippen molar-refractivity contribution in [1.29, 1.82) is 0 Å². The minimum Gasteiger partial charge on any atom is -0.435 e. The zero-order chi connectivity index (χ0) is 27.4. The number of likely N-dealkylation sites (tertiary alicyclic amines) is 1. The van der Waals surface area contributed by atoms with Crippen LogP contribution in [0.5, 0.6) is 5.75 Å². The number of amides is 1. The van der Waals surface area contributed by atoms with Gasteiger partial charge in [0.15, 0.2) is 0 Å². The predicted octanol–water partition coefficient (Wildman–Crippen LogP) is 5.27. The van der Waals surface area contributed by atoms with Gasteiger partial charge < -0.3 is 20.3 Å². The molecule has 1 amide bonds. The van der Waals surface area contributed by atoms with Gasteiger partial charge in [0.2, 0.25) is 0 Å². The number of rotatable bonds is 8. The molecule has 1 saturated heterocycles. The summed E-state index contributed by atoms with van der Waals surface area (Å²) >= 11 is 0. The van der Waals surface area contributed by atoms with E-state index >= 15 is 0 Å². The smallest absolute Gasteiger partial charge is 0.387 e. The quantitative estimate of drug-likeness (QED) is 0.408. The maximum absolute atomic E-state index is 13.4. The van der Waals surface area contributed by atoms with Gasteiger partial charge in [-0.15, -0.1) is 0 Å². The Morgan fingerprint density at radius 3 is 2.64 bits per heavy atom. The normalized spacial score (nSPS) is 18.4. The Kier molecular flexibility index (Phi) is 8.33. The van der Waals surface area contributed by atoms with Crippen LogP contribution >= 0.6 is 0 Å². The van der Waals surface area contributed by atoms with Crippen molar-refractivity contribution >= 4 is 17.2 Å². The van der Waals surface area contributed by atoms with Crippen LogP contribution in [-0.4, -0.2) is 59.5 Å². The first-order chi connectivity index (χ1) is 18.9. The third kappa shape index (κ3) is 6.51. The maximum Gasteiger partial charge on any atom is 0.387 e. The molecule has 206 valence electrons. The topological polar surface area (TPSA) is 71.4 Å². The van der Waals surface area contributed by atoms with Crippen LogP contribution in [-0.2, 0) is 11.3 Å². The van der Waals surface area contributed by atoms with Gasteiger partial charge in [-0.3, -0.25) is 9.48 Å². The molecule has 5 rings (SSSR count). The molecule has 3 heterocycles. The van der Waals surface area contributed by atoms with Gasteiger partial charge in [-0.05, 0) is 66.8 Å². The Morgan fingerprint density at radius 2 is 1.92 bits per heavy atom. The van der Waals surface area contributed by atoms with E-state index in [1.807, 2.05) is 48.3 Å². The third-order valence-corrected chi connectivity index (χ3v) is 7.28. The molecule has 39 heavy (non-hydrogen) atoms. The average Bonchev–Trinajstić information content (AvgIpc) is 3.36. The zero-order valence-corrected chi connectivity index (χ0v) is 21.7.